The summed E-state index contributed by atoms with van der Waals surface area (Å²) in [6.45, 7) is 13.3. The minimum absolute atomic E-state index is 0.0727. The maximum absolute atomic E-state index is 13.3. The van der Waals surface area contributed by atoms with Gasteiger partial charge in [0.05, 0.1) is 22.5 Å². The topological polar surface area (TPSA) is 73.2 Å². The van der Waals surface area contributed by atoms with E-state index in [1.165, 1.54) is 34.0 Å². The van der Waals surface area contributed by atoms with Crippen LogP contribution in [0.1, 0.15) is 74.5 Å². The van der Waals surface area contributed by atoms with Gasteiger partial charge in [0.2, 0.25) is 0 Å². The summed E-state index contributed by atoms with van der Waals surface area (Å²) in [7, 11) is 0. The van der Waals surface area contributed by atoms with Crippen LogP contribution in [0.3, 0.4) is 0 Å². The van der Waals surface area contributed by atoms with Crippen molar-refractivity contribution in [3.8, 4) is 0 Å². The quantitative estimate of drug-likeness (QED) is 0.630. The maximum Gasteiger partial charge on any atom is 0.335 e. The fourth-order valence-electron chi connectivity index (χ4n) is 5.32. The van der Waals surface area contributed by atoms with Gasteiger partial charge in [-0.3, -0.25) is 4.79 Å². The van der Waals surface area contributed by atoms with Gasteiger partial charge in [0, 0.05) is 18.8 Å². The van der Waals surface area contributed by atoms with Gasteiger partial charge in [0.25, 0.3) is 5.91 Å². The number of carbonyl (C=O) groups is 2. The molecule has 2 aromatic carbocycles. The zero-order valence-corrected chi connectivity index (χ0v) is 20.5. The van der Waals surface area contributed by atoms with Crippen LogP contribution in [-0.4, -0.2) is 35.8 Å². The molecule has 0 fully saturated rings. The van der Waals surface area contributed by atoms with Crippen molar-refractivity contribution in [2.24, 2.45) is 5.10 Å². The van der Waals surface area contributed by atoms with E-state index in [-0.39, 0.29) is 22.3 Å². The zero-order chi connectivity index (χ0) is 24.4. The van der Waals surface area contributed by atoms with Crippen molar-refractivity contribution >= 4 is 35.0 Å². The Balaban J connectivity index is 1.56. The first-order chi connectivity index (χ1) is 16.0. The van der Waals surface area contributed by atoms with Crippen molar-refractivity contribution in [3.05, 3.63) is 64.2 Å². The molecule has 0 spiro atoms. The minimum Gasteiger partial charge on any atom is -0.478 e. The molecule has 6 heteroatoms. The van der Waals surface area contributed by atoms with Crippen LogP contribution >= 0.6 is 0 Å². The second kappa shape index (κ2) is 7.55. The Morgan fingerprint density at radius 1 is 1.00 bits per heavy atom. The largest absolute Gasteiger partial charge is 0.478 e. The van der Waals surface area contributed by atoms with Crippen molar-refractivity contribution in [2.75, 3.05) is 23.0 Å². The van der Waals surface area contributed by atoms with Gasteiger partial charge in [-0.05, 0) is 89.8 Å². The Morgan fingerprint density at radius 2 is 1.56 bits per heavy atom. The molecule has 5 rings (SSSR count). The molecule has 0 aromatic heterocycles. The number of nitrogens with zero attached hydrogens (tertiary/aromatic N) is 3. The molecule has 6 nitrogen and oxygen atoms in total. The molecule has 1 N–H and O–H groups in total. The lowest BCUT2D eigenvalue weighted by Crippen LogP contribution is -2.44. The Labute approximate surface area is 200 Å². The summed E-state index contributed by atoms with van der Waals surface area (Å²) in [5.41, 5.74) is 7.22. The van der Waals surface area contributed by atoms with E-state index in [4.69, 9.17) is 5.11 Å². The molecular formula is C28H31N3O3. The zero-order valence-electron chi connectivity index (χ0n) is 20.5. The smallest absolute Gasteiger partial charge is 0.335 e. The normalized spacial score (nSPS) is 21.5. The van der Waals surface area contributed by atoms with Crippen LogP contribution in [-0.2, 0) is 15.6 Å². The SMILES string of the molecule is CC1=NN(c2ccc(C(=O)O)cc2)C(=O)/C1=C\c1cc2c3c(c1)C(C)(C)CCN3CCC2(C)C. The summed E-state index contributed by atoms with van der Waals surface area (Å²) in [5.74, 6) is -1.20. The summed E-state index contributed by atoms with van der Waals surface area (Å²) in [6, 6.07) is 10.7. The van der Waals surface area contributed by atoms with Crippen LogP contribution in [0.4, 0.5) is 11.4 Å². The predicted octanol–water partition coefficient (Wildman–Crippen LogP) is 5.36. The van der Waals surface area contributed by atoms with Gasteiger partial charge < -0.3 is 10.0 Å². The summed E-state index contributed by atoms with van der Waals surface area (Å²) in [5, 5.41) is 15.0. The first-order valence-electron chi connectivity index (χ1n) is 11.9. The maximum atomic E-state index is 13.3. The summed E-state index contributed by atoms with van der Waals surface area (Å²) in [4.78, 5) is 27.0. The minimum atomic E-state index is -1.000. The van der Waals surface area contributed by atoms with Crippen molar-refractivity contribution in [3.63, 3.8) is 0 Å². The third-order valence-corrected chi connectivity index (χ3v) is 7.65. The summed E-state index contributed by atoms with van der Waals surface area (Å²) < 4.78 is 0. The van der Waals surface area contributed by atoms with Crippen LogP contribution in [0, 0.1) is 0 Å². The monoisotopic (exact) mass is 457 g/mol. The first-order valence-corrected chi connectivity index (χ1v) is 11.9. The standard InChI is InChI=1S/C28H31N3O3/c1-17-21(25(32)31(29-17)20-8-6-19(7-9-20)26(33)34)14-18-15-22-24-23(16-18)28(4,5)11-13-30(24)12-10-27(22,2)3/h6-9,14-16H,10-13H2,1-5H3,(H,33,34)/b21-14-. The van der Waals surface area contributed by atoms with E-state index in [9.17, 15) is 9.59 Å². The van der Waals surface area contributed by atoms with Crippen LogP contribution in [0.15, 0.2) is 47.1 Å². The number of anilines is 2. The van der Waals surface area contributed by atoms with Crippen molar-refractivity contribution in [1.29, 1.82) is 0 Å². The second-order valence-electron chi connectivity index (χ2n) is 10.9. The van der Waals surface area contributed by atoms with Crippen molar-refractivity contribution < 1.29 is 14.7 Å². The number of carboxylic acids is 1. The lowest BCUT2D eigenvalue weighted by Gasteiger charge is -2.48. The molecule has 2 aromatic rings. The molecule has 0 radical (unpaired) electrons. The highest BCUT2D eigenvalue weighted by atomic mass is 16.4. The molecule has 0 bridgehead atoms. The van der Waals surface area contributed by atoms with Crippen LogP contribution < -0.4 is 9.91 Å². The van der Waals surface area contributed by atoms with Crippen LogP contribution in [0.25, 0.3) is 6.08 Å². The first kappa shape index (κ1) is 22.4. The molecule has 3 aliphatic heterocycles. The Bertz CT molecular complexity index is 1230. The van der Waals surface area contributed by atoms with Gasteiger partial charge in [0.15, 0.2) is 0 Å². The average molecular weight is 458 g/mol. The number of hydrogen-bond donors (Lipinski definition) is 1. The number of hydrazone groups is 1. The number of carboxylic acid groups (broad SMARTS) is 1. The Morgan fingerprint density at radius 3 is 2.09 bits per heavy atom. The summed E-state index contributed by atoms with van der Waals surface area (Å²) in [6.07, 6.45) is 4.18. The molecule has 0 saturated carbocycles. The van der Waals surface area contributed by atoms with Crippen LogP contribution in [0.2, 0.25) is 0 Å². The van der Waals surface area contributed by atoms with E-state index in [1.54, 1.807) is 12.1 Å². The molecule has 34 heavy (non-hydrogen) atoms. The van der Waals surface area contributed by atoms with Gasteiger partial charge >= 0.3 is 5.97 Å². The number of carbonyl (C=O) groups excluding carboxylic acids is 1. The predicted molar refractivity (Wildman–Crippen MR) is 136 cm³/mol. The fourth-order valence-corrected chi connectivity index (χ4v) is 5.32. The molecule has 0 aliphatic carbocycles. The molecule has 0 saturated heterocycles. The molecule has 176 valence electrons. The molecule has 0 atom stereocenters. The number of rotatable bonds is 3. The number of hydrogen-bond acceptors (Lipinski definition) is 4. The Hall–Kier alpha value is -3.41. The highest BCUT2D eigenvalue weighted by Gasteiger charge is 2.40. The highest BCUT2D eigenvalue weighted by Crippen LogP contribution is 2.49. The van der Waals surface area contributed by atoms with Gasteiger partial charge in [-0.2, -0.15) is 10.1 Å². The van der Waals surface area contributed by atoms with Crippen LogP contribution in [0.5, 0.6) is 0 Å². The average Bonchev–Trinajstić information content (AvgIpc) is 3.06. The molecular weight excluding hydrogens is 426 g/mol. The van der Waals surface area contributed by atoms with E-state index in [0.717, 1.165) is 31.5 Å². The lowest BCUT2D eigenvalue weighted by molar-refractivity contribution is -0.114. The molecule has 0 unspecified atom stereocenters. The van der Waals surface area contributed by atoms with Gasteiger partial charge in [-0.1, -0.05) is 27.7 Å². The van der Waals surface area contributed by atoms with Crippen molar-refractivity contribution in [1.82, 2.24) is 0 Å². The Kier molecular flexibility index (Phi) is 4.97. The molecule has 3 heterocycles. The lowest BCUT2D eigenvalue weighted by atomic mass is 9.69. The summed E-state index contributed by atoms with van der Waals surface area (Å²) >= 11 is 0. The van der Waals surface area contributed by atoms with E-state index in [0.29, 0.717) is 17.0 Å². The van der Waals surface area contributed by atoms with E-state index in [2.05, 4.69) is 49.8 Å². The van der Waals surface area contributed by atoms with E-state index < -0.39 is 5.97 Å². The van der Waals surface area contributed by atoms with Gasteiger partial charge in [-0.15, -0.1) is 0 Å². The number of aromatic carboxylic acids is 1. The van der Waals surface area contributed by atoms with Crippen molar-refractivity contribution in [2.45, 2.75) is 58.3 Å². The second-order valence-corrected chi connectivity index (χ2v) is 10.9. The van der Waals surface area contributed by atoms with Gasteiger partial charge in [-0.25, -0.2) is 4.79 Å². The van der Waals surface area contributed by atoms with E-state index in [1.807, 2.05) is 13.0 Å². The number of benzene rings is 2. The fraction of sp³-hybridized carbons (Fsp3) is 0.393. The molecule has 3 aliphatic rings. The third kappa shape index (κ3) is 3.52. The van der Waals surface area contributed by atoms with E-state index >= 15 is 0 Å². The third-order valence-electron chi connectivity index (χ3n) is 7.65. The number of amides is 1. The highest BCUT2D eigenvalue weighted by molar-refractivity contribution is 6.32. The van der Waals surface area contributed by atoms with Gasteiger partial charge in [0.1, 0.15) is 0 Å². The molecule has 1 amide bonds.